The van der Waals surface area contributed by atoms with Crippen molar-refractivity contribution in [3.63, 3.8) is 0 Å². The molecule has 1 aromatic carbocycles. The van der Waals surface area contributed by atoms with E-state index in [9.17, 15) is 22.8 Å². The second-order valence-electron chi connectivity index (χ2n) is 6.20. The van der Waals surface area contributed by atoms with E-state index in [1.807, 2.05) is 6.92 Å². The van der Waals surface area contributed by atoms with Crippen LogP contribution in [-0.2, 0) is 4.79 Å². The fourth-order valence-corrected chi connectivity index (χ4v) is 2.07. The first-order valence-electron chi connectivity index (χ1n) is 7.92. The molecule has 5 nitrogen and oxygen atoms in total. The smallest absolute Gasteiger partial charge is 0.384 e. The van der Waals surface area contributed by atoms with Gasteiger partial charge in [-0.3, -0.25) is 9.59 Å². The lowest BCUT2D eigenvalue weighted by atomic mass is 10.0. The molecule has 2 amide bonds. The molecule has 25 heavy (non-hydrogen) atoms. The van der Waals surface area contributed by atoms with Gasteiger partial charge in [-0.1, -0.05) is 31.5 Å². The quantitative estimate of drug-likeness (QED) is 0.697. The predicted molar refractivity (Wildman–Crippen MR) is 87.0 cm³/mol. The largest absolute Gasteiger partial charge is 0.414 e. The lowest BCUT2D eigenvalue weighted by molar-refractivity contribution is -0.205. The van der Waals surface area contributed by atoms with Crippen molar-refractivity contribution in [2.24, 2.45) is 5.92 Å². The average molecular weight is 360 g/mol. The molecule has 0 aliphatic heterocycles. The third-order valence-corrected chi connectivity index (χ3v) is 3.64. The van der Waals surface area contributed by atoms with Gasteiger partial charge in [-0.05, 0) is 31.4 Å². The van der Waals surface area contributed by atoms with E-state index in [-0.39, 0.29) is 12.5 Å². The van der Waals surface area contributed by atoms with E-state index in [2.05, 4.69) is 10.6 Å². The van der Waals surface area contributed by atoms with E-state index >= 15 is 0 Å². The number of benzene rings is 1. The van der Waals surface area contributed by atoms with Crippen LogP contribution >= 0.6 is 0 Å². The highest BCUT2D eigenvalue weighted by Crippen LogP contribution is 2.21. The van der Waals surface area contributed by atoms with Crippen LogP contribution in [0.1, 0.15) is 36.2 Å². The molecule has 0 aliphatic carbocycles. The van der Waals surface area contributed by atoms with Crippen LogP contribution in [0.25, 0.3) is 0 Å². The summed E-state index contributed by atoms with van der Waals surface area (Å²) in [7, 11) is 0. The third kappa shape index (κ3) is 6.74. The molecule has 0 spiro atoms. The van der Waals surface area contributed by atoms with Gasteiger partial charge in [0.25, 0.3) is 5.91 Å². The summed E-state index contributed by atoms with van der Waals surface area (Å²) in [4.78, 5) is 24.4. The number of amides is 2. The number of nitrogens with one attached hydrogen (secondary N) is 2. The Morgan fingerprint density at radius 3 is 2.20 bits per heavy atom. The normalized spacial score (nSPS) is 14.1. The highest BCUT2D eigenvalue weighted by Gasteiger charge is 2.37. The van der Waals surface area contributed by atoms with Crippen LogP contribution in [0.4, 0.5) is 13.2 Å². The predicted octanol–water partition coefficient (Wildman–Crippen LogP) is 2.18. The van der Waals surface area contributed by atoms with Gasteiger partial charge in [0.05, 0.1) is 0 Å². The Kier molecular flexibility index (Phi) is 7.41. The zero-order valence-corrected chi connectivity index (χ0v) is 14.4. The summed E-state index contributed by atoms with van der Waals surface area (Å²) in [6.07, 6.45) is -7.86. The summed E-state index contributed by atoms with van der Waals surface area (Å²) in [5, 5.41) is 13.8. The first kappa shape index (κ1) is 21.0. The van der Waals surface area contributed by atoms with Crippen molar-refractivity contribution in [2.75, 3.05) is 6.54 Å². The second kappa shape index (κ2) is 8.84. The number of halogens is 3. The van der Waals surface area contributed by atoms with Crippen molar-refractivity contribution in [2.45, 2.75) is 45.5 Å². The molecule has 1 rings (SSSR count). The number of hydrogen-bond donors (Lipinski definition) is 3. The van der Waals surface area contributed by atoms with Crippen LogP contribution in [-0.4, -0.2) is 41.8 Å². The topological polar surface area (TPSA) is 78.4 Å². The van der Waals surface area contributed by atoms with Crippen LogP contribution in [0.2, 0.25) is 0 Å². The molecule has 3 N–H and O–H groups in total. The van der Waals surface area contributed by atoms with Crippen LogP contribution in [0.5, 0.6) is 0 Å². The van der Waals surface area contributed by atoms with Gasteiger partial charge in [0.2, 0.25) is 5.91 Å². The first-order valence-corrected chi connectivity index (χ1v) is 7.92. The van der Waals surface area contributed by atoms with Gasteiger partial charge >= 0.3 is 6.18 Å². The summed E-state index contributed by atoms with van der Waals surface area (Å²) < 4.78 is 36.7. The van der Waals surface area contributed by atoms with E-state index in [4.69, 9.17) is 5.11 Å². The van der Waals surface area contributed by atoms with Gasteiger partial charge in [0.1, 0.15) is 6.04 Å². The van der Waals surface area contributed by atoms with Crippen molar-refractivity contribution in [1.82, 2.24) is 10.6 Å². The lowest BCUT2D eigenvalue weighted by Crippen LogP contribution is -2.50. The van der Waals surface area contributed by atoms with E-state index in [0.29, 0.717) is 5.56 Å². The minimum atomic E-state index is -4.72. The maximum absolute atomic E-state index is 12.2. The van der Waals surface area contributed by atoms with Crippen LogP contribution in [0.15, 0.2) is 24.3 Å². The Labute approximate surface area is 144 Å². The van der Waals surface area contributed by atoms with E-state index < -0.39 is 36.6 Å². The minimum Gasteiger partial charge on any atom is -0.384 e. The summed E-state index contributed by atoms with van der Waals surface area (Å²) in [6.45, 7) is 4.96. The third-order valence-electron chi connectivity index (χ3n) is 3.64. The first-order chi connectivity index (χ1) is 11.5. The molecule has 2 unspecified atom stereocenters. The van der Waals surface area contributed by atoms with Gasteiger partial charge in [0, 0.05) is 12.1 Å². The maximum atomic E-state index is 12.2. The molecule has 0 aliphatic rings. The van der Waals surface area contributed by atoms with Crippen molar-refractivity contribution >= 4 is 11.8 Å². The highest BCUT2D eigenvalue weighted by atomic mass is 19.4. The molecule has 0 aromatic heterocycles. The second-order valence-corrected chi connectivity index (χ2v) is 6.20. The molecule has 0 fully saturated rings. The molecule has 0 saturated carbocycles. The zero-order valence-electron chi connectivity index (χ0n) is 14.4. The zero-order chi connectivity index (χ0) is 19.2. The Morgan fingerprint density at radius 1 is 1.16 bits per heavy atom. The molecule has 1 aromatic rings. The summed E-state index contributed by atoms with van der Waals surface area (Å²) in [5.41, 5.74) is 1.37. The van der Waals surface area contributed by atoms with Crippen LogP contribution < -0.4 is 10.6 Å². The molecule has 0 saturated heterocycles. The molecule has 140 valence electrons. The molecular weight excluding hydrogens is 337 g/mol. The molecular formula is C17H23F3N2O3. The maximum Gasteiger partial charge on any atom is 0.414 e. The minimum absolute atomic E-state index is 0.262. The van der Waals surface area contributed by atoms with Gasteiger partial charge in [-0.25, -0.2) is 0 Å². The average Bonchev–Trinajstić information content (AvgIpc) is 2.51. The standard InChI is InChI=1S/C17H23F3N2O3/c1-10(2)14(16(25)21-9-8-13(23)17(18,19)20)22-15(24)12-6-4-11(3)5-7-12/h4-7,10,13-14,23H,8-9H2,1-3H3,(H,21,25)(H,22,24). The number of aliphatic hydroxyl groups is 1. The fourth-order valence-electron chi connectivity index (χ4n) is 2.07. The number of carbonyl (C=O) groups is 2. The number of rotatable bonds is 7. The summed E-state index contributed by atoms with van der Waals surface area (Å²) >= 11 is 0. The fraction of sp³-hybridized carbons (Fsp3) is 0.529. The molecule has 0 bridgehead atoms. The van der Waals surface area contributed by atoms with E-state index in [1.165, 1.54) is 0 Å². The monoisotopic (exact) mass is 360 g/mol. The van der Waals surface area contributed by atoms with Crippen LogP contribution in [0.3, 0.4) is 0 Å². The number of carbonyl (C=O) groups excluding carboxylic acids is 2. The SMILES string of the molecule is Cc1ccc(C(=O)NC(C(=O)NCCC(O)C(F)(F)F)C(C)C)cc1. The van der Waals surface area contributed by atoms with Crippen molar-refractivity contribution < 1.29 is 27.9 Å². The Bertz CT molecular complexity index is 586. The summed E-state index contributed by atoms with van der Waals surface area (Å²) in [6, 6.07) is 5.88. The molecule has 0 heterocycles. The summed E-state index contributed by atoms with van der Waals surface area (Å²) in [5.74, 6) is -1.30. The Hall–Kier alpha value is -2.09. The van der Waals surface area contributed by atoms with Crippen molar-refractivity contribution in [3.8, 4) is 0 Å². The number of hydrogen-bond acceptors (Lipinski definition) is 3. The van der Waals surface area contributed by atoms with E-state index in [1.54, 1.807) is 38.1 Å². The van der Waals surface area contributed by atoms with Crippen LogP contribution in [0, 0.1) is 12.8 Å². The van der Waals surface area contributed by atoms with Crippen molar-refractivity contribution in [1.29, 1.82) is 0 Å². The molecule has 0 radical (unpaired) electrons. The number of alkyl halides is 3. The van der Waals surface area contributed by atoms with Crippen molar-refractivity contribution in [3.05, 3.63) is 35.4 Å². The van der Waals surface area contributed by atoms with Gasteiger partial charge < -0.3 is 15.7 Å². The highest BCUT2D eigenvalue weighted by molar-refractivity contribution is 5.97. The van der Waals surface area contributed by atoms with Gasteiger partial charge in [0.15, 0.2) is 6.10 Å². The molecule has 8 heteroatoms. The van der Waals surface area contributed by atoms with Gasteiger partial charge in [-0.2, -0.15) is 13.2 Å². The Morgan fingerprint density at radius 2 is 1.72 bits per heavy atom. The Balaban J connectivity index is 2.62. The number of aryl methyl sites for hydroxylation is 1. The molecule has 2 atom stereocenters. The van der Waals surface area contributed by atoms with E-state index in [0.717, 1.165) is 5.56 Å². The lowest BCUT2D eigenvalue weighted by Gasteiger charge is -2.22. The van der Waals surface area contributed by atoms with Gasteiger partial charge in [-0.15, -0.1) is 0 Å². The number of aliphatic hydroxyl groups excluding tert-OH is 1.